The van der Waals surface area contributed by atoms with E-state index in [2.05, 4.69) is 5.32 Å². The van der Waals surface area contributed by atoms with Crippen molar-refractivity contribution < 1.29 is 33.7 Å². The van der Waals surface area contributed by atoms with Crippen LogP contribution in [-0.2, 0) is 14.4 Å². The van der Waals surface area contributed by atoms with Crippen LogP contribution >= 0.6 is 0 Å². The number of aliphatic carboxylic acids is 1. The number of carboxylic acids is 1. The molecule has 0 aromatic heterocycles. The molecule has 0 fully saturated rings. The number of esters is 1. The molecule has 2 aromatic rings. The number of hydrogen-bond acceptors (Lipinski definition) is 7. The maximum atomic E-state index is 12.9. The molecule has 1 heterocycles. The highest BCUT2D eigenvalue weighted by atomic mass is 16.5. The lowest BCUT2D eigenvalue weighted by atomic mass is 10.0. The number of ether oxygens (including phenoxy) is 3. The molecule has 0 saturated heterocycles. The third-order valence-electron chi connectivity index (χ3n) is 5.10. The van der Waals surface area contributed by atoms with Gasteiger partial charge in [0.05, 0.1) is 38.4 Å². The molecule has 9 heteroatoms. The Morgan fingerprint density at radius 2 is 2.00 bits per heavy atom. The molecule has 176 valence electrons. The molecule has 1 aliphatic heterocycles. The molecule has 1 aliphatic rings. The lowest BCUT2D eigenvalue weighted by molar-refractivity contribution is -0.137. The highest BCUT2D eigenvalue weighted by Gasteiger charge is 2.27. The summed E-state index contributed by atoms with van der Waals surface area (Å²) < 4.78 is 16.3. The normalized spacial score (nSPS) is 13.5. The minimum absolute atomic E-state index is 0.0790. The zero-order chi connectivity index (χ0) is 24.0. The van der Waals surface area contributed by atoms with Gasteiger partial charge in [-0.05, 0) is 48.7 Å². The van der Waals surface area contributed by atoms with Crippen molar-refractivity contribution in [2.24, 2.45) is 0 Å². The van der Waals surface area contributed by atoms with E-state index in [1.165, 1.54) is 7.11 Å². The highest BCUT2D eigenvalue weighted by Crippen LogP contribution is 2.33. The predicted octanol–water partition coefficient (Wildman–Crippen LogP) is 2.85. The van der Waals surface area contributed by atoms with Gasteiger partial charge in [0, 0.05) is 0 Å². The number of carbonyl (C=O) groups is 3. The number of aryl methyl sites for hydroxylation is 1. The number of methoxy groups -OCH3 is 1. The Balaban J connectivity index is 1.78. The summed E-state index contributed by atoms with van der Waals surface area (Å²) in [6, 6.07) is 9.66. The van der Waals surface area contributed by atoms with Crippen molar-refractivity contribution in [1.82, 2.24) is 5.32 Å². The quantitative estimate of drug-likeness (QED) is 0.414. The van der Waals surface area contributed by atoms with Gasteiger partial charge < -0.3 is 29.5 Å². The number of amides is 1. The van der Waals surface area contributed by atoms with Crippen LogP contribution in [0.4, 0.5) is 5.69 Å². The minimum Gasteiger partial charge on any atom is -0.493 e. The van der Waals surface area contributed by atoms with Gasteiger partial charge in [0.1, 0.15) is 6.54 Å². The van der Waals surface area contributed by atoms with E-state index in [-0.39, 0.29) is 19.5 Å². The molecule has 0 spiro atoms. The van der Waals surface area contributed by atoms with E-state index in [0.29, 0.717) is 35.1 Å². The first-order valence-electron chi connectivity index (χ1n) is 10.7. The van der Waals surface area contributed by atoms with Gasteiger partial charge in [-0.25, -0.2) is 4.79 Å². The zero-order valence-corrected chi connectivity index (χ0v) is 18.9. The smallest absolute Gasteiger partial charge is 0.331 e. The summed E-state index contributed by atoms with van der Waals surface area (Å²) in [6.07, 6.45) is 0.511. The second-order valence-electron chi connectivity index (χ2n) is 7.78. The second-order valence-corrected chi connectivity index (χ2v) is 7.78. The Hall–Kier alpha value is -3.75. The number of anilines is 1. The third-order valence-corrected chi connectivity index (χ3v) is 5.10. The number of benzene rings is 2. The van der Waals surface area contributed by atoms with Crippen molar-refractivity contribution in [1.29, 1.82) is 0 Å². The lowest BCUT2D eigenvalue weighted by Crippen LogP contribution is -2.44. The van der Waals surface area contributed by atoms with Gasteiger partial charge in [-0.3, -0.25) is 9.59 Å². The Bertz CT molecular complexity index is 1040. The maximum absolute atomic E-state index is 12.9. The summed E-state index contributed by atoms with van der Waals surface area (Å²) in [6.45, 7) is 4.18. The lowest BCUT2D eigenvalue weighted by Gasteiger charge is -2.30. The fraction of sp³-hybridized carbons (Fsp3) is 0.375. The van der Waals surface area contributed by atoms with Crippen LogP contribution in [0, 0.1) is 6.92 Å². The van der Waals surface area contributed by atoms with Crippen molar-refractivity contribution in [3.8, 4) is 17.2 Å². The van der Waals surface area contributed by atoms with E-state index < -0.39 is 23.9 Å². The van der Waals surface area contributed by atoms with Gasteiger partial charge in [-0.15, -0.1) is 0 Å². The molecule has 0 bridgehead atoms. The zero-order valence-electron chi connectivity index (χ0n) is 18.9. The average Bonchev–Trinajstić information content (AvgIpc) is 2.76. The van der Waals surface area contributed by atoms with Gasteiger partial charge in [0.25, 0.3) is 0 Å². The number of carboxylic acid groups (broad SMARTS) is 1. The fourth-order valence-corrected chi connectivity index (χ4v) is 3.57. The maximum Gasteiger partial charge on any atom is 0.331 e. The van der Waals surface area contributed by atoms with Crippen LogP contribution in [0.15, 0.2) is 36.4 Å². The first kappa shape index (κ1) is 23.9. The summed E-state index contributed by atoms with van der Waals surface area (Å²) in [5.41, 5.74) is 2.12. The van der Waals surface area contributed by atoms with Crippen LogP contribution in [0.1, 0.15) is 36.9 Å². The first-order chi connectivity index (χ1) is 15.8. The van der Waals surface area contributed by atoms with E-state index in [9.17, 15) is 19.5 Å². The summed E-state index contributed by atoms with van der Waals surface area (Å²) >= 11 is 0. The summed E-state index contributed by atoms with van der Waals surface area (Å²) in [4.78, 5) is 37.9. The van der Waals surface area contributed by atoms with Crippen LogP contribution in [0.5, 0.6) is 17.2 Å². The molecule has 1 atom stereocenters. The van der Waals surface area contributed by atoms with Crippen LogP contribution in [-0.4, -0.2) is 49.8 Å². The number of nitrogens with zero attached hydrogens (tertiary/aromatic N) is 1. The largest absolute Gasteiger partial charge is 0.493 e. The molecular formula is C24H28N2O7. The van der Waals surface area contributed by atoms with E-state index in [4.69, 9.17) is 14.2 Å². The first-order valence-corrected chi connectivity index (χ1v) is 10.7. The van der Waals surface area contributed by atoms with Crippen molar-refractivity contribution in [2.45, 2.75) is 32.7 Å². The standard InChI is InChI=1S/C24H28N2O7/c1-4-9-32-19-8-6-16(11-21(19)31-3)17(12-23(28)29)25-22(27)13-26-14-24(30)33-20-10-15(2)5-7-18(20)26/h5-8,10-11,17H,4,9,12-14H2,1-3H3,(H,25,27)(H,28,29). The Kier molecular flexibility index (Phi) is 7.76. The van der Waals surface area contributed by atoms with Crippen LogP contribution in [0.3, 0.4) is 0 Å². The van der Waals surface area contributed by atoms with Crippen LogP contribution < -0.4 is 24.4 Å². The van der Waals surface area contributed by atoms with Crippen molar-refractivity contribution >= 4 is 23.5 Å². The van der Waals surface area contributed by atoms with E-state index in [0.717, 1.165) is 12.0 Å². The second kappa shape index (κ2) is 10.7. The molecule has 2 N–H and O–H groups in total. The van der Waals surface area contributed by atoms with Gasteiger partial charge in [-0.1, -0.05) is 19.1 Å². The van der Waals surface area contributed by atoms with E-state index in [1.807, 2.05) is 19.9 Å². The number of nitrogens with one attached hydrogen (secondary N) is 1. The highest BCUT2D eigenvalue weighted by molar-refractivity contribution is 5.89. The molecule has 0 aliphatic carbocycles. The third kappa shape index (κ3) is 6.15. The molecule has 1 amide bonds. The van der Waals surface area contributed by atoms with Gasteiger partial charge in [0.2, 0.25) is 5.91 Å². The van der Waals surface area contributed by atoms with Crippen LogP contribution in [0.25, 0.3) is 0 Å². The molecule has 0 saturated carbocycles. The summed E-state index contributed by atoms with van der Waals surface area (Å²) in [5, 5.41) is 12.2. The summed E-state index contributed by atoms with van der Waals surface area (Å²) in [7, 11) is 1.50. The topological polar surface area (TPSA) is 114 Å². The van der Waals surface area contributed by atoms with Crippen molar-refractivity contribution in [3.63, 3.8) is 0 Å². The predicted molar refractivity (Wildman–Crippen MR) is 121 cm³/mol. The van der Waals surface area contributed by atoms with Gasteiger partial charge in [0.15, 0.2) is 17.2 Å². The van der Waals surface area contributed by atoms with E-state index in [1.54, 1.807) is 35.2 Å². The SMILES string of the molecule is CCCOc1ccc(C(CC(=O)O)NC(=O)CN2CC(=O)Oc3cc(C)ccc32)cc1OC. The van der Waals surface area contributed by atoms with Gasteiger partial charge in [-0.2, -0.15) is 0 Å². The Morgan fingerprint density at radius 1 is 1.21 bits per heavy atom. The number of rotatable bonds is 10. The molecule has 0 radical (unpaired) electrons. The number of carbonyl (C=O) groups excluding carboxylic acids is 2. The molecule has 1 unspecified atom stereocenters. The minimum atomic E-state index is -1.06. The van der Waals surface area contributed by atoms with Crippen molar-refractivity contribution in [3.05, 3.63) is 47.5 Å². The average molecular weight is 456 g/mol. The van der Waals surface area contributed by atoms with Crippen LogP contribution in [0.2, 0.25) is 0 Å². The molecule has 2 aromatic carbocycles. The molecular weight excluding hydrogens is 428 g/mol. The monoisotopic (exact) mass is 456 g/mol. The molecule has 33 heavy (non-hydrogen) atoms. The van der Waals surface area contributed by atoms with Gasteiger partial charge >= 0.3 is 11.9 Å². The molecule has 9 nitrogen and oxygen atoms in total. The fourth-order valence-electron chi connectivity index (χ4n) is 3.57. The molecule has 3 rings (SSSR count). The number of fused-ring (bicyclic) bond motifs is 1. The Morgan fingerprint density at radius 3 is 2.70 bits per heavy atom. The van der Waals surface area contributed by atoms with Crippen molar-refractivity contribution in [2.75, 3.05) is 31.7 Å². The number of hydrogen-bond donors (Lipinski definition) is 2. The Labute approximate surface area is 192 Å². The van der Waals surface area contributed by atoms with E-state index >= 15 is 0 Å². The summed E-state index contributed by atoms with van der Waals surface area (Å²) in [5.74, 6) is -0.555.